The first kappa shape index (κ1) is 16.0. The quantitative estimate of drug-likeness (QED) is 0.913. The molecule has 0 saturated carbocycles. The Morgan fingerprint density at radius 3 is 2.74 bits per heavy atom. The monoisotopic (exact) mass is 329 g/mol. The van der Waals surface area contributed by atoms with E-state index >= 15 is 0 Å². The van der Waals surface area contributed by atoms with Crippen LogP contribution in [-0.2, 0) is 6.18 Å². The van der Waals surface area contributed by atoms with Crippen LogP contribution in [0.2, 0.25) is 0 Å². The van der Waals surface area contributed by atoms with Crippen molar-refractivity contribution in [3.63, 3.8) is 0 Å². The number of hydrogen-bond acceptors (Lipinski definition) is 5. The molecule has 0 aromatic carbocycles. The number of anilines is 1. The summed E-state index contributed by atoms with van der Waals surface area (Å²) in [5.41, 5.74) is 0.559. The van der Waals surface area contributed by atoms with Crippen LogP contribution >= 0.6 is 0 Å². The zero-order valence-electron chi connectivity index (χ0n) is 12.9. The summed E-state index contributed by atoms with van der Waals surface area (Å²) in [5, 5.41) is 13.3. The molecule has 0 radical (unpaired) electrons. The Kier molecular flexibility index (Phi) is 3.91. The summed E-state index contributed by atoms with van der Waals surface area (Å²) in [4.78, 5) is 9.44. The number of alkyl halides is 3. The first-order valence-electron chi connectivity index (χ1n) is 7.50. The first-order chi connectivity index (χ1) is 10.8. The molecule has 23 heavy (non-hydrogen) atoms. The van der Waals surface area contributed by atoms with Crippen LogP contribution in [0.3, 0.4) is 0 Å². The molecule has 9 heteroatoms. The summed E-state index contributed by atoms with van der Waals surface area (Å²) in [6, 6.07) is 1.52. The molecular formula is C14H18F3N5O. The molecule has 3 rings (SSSR count). The van der Waals surface area contributed by atoms with Crippen molar-refractivity contribution < 1.29 is 18.3 Å². The van der Waals surface area contributed by atoms with Crippen LogP contribution in [0.15, 0.2) is 6.07 Å². The summed E-state index contributed by atoms with van der Waals surface area (Å²) in [7, 11) is 0. The molecule has 2 atom stereocenters. The molecule has 1 saturated heterocycles. The summed E-state index contributed by atoms with van der Waals surface area (Å²) < 4.78 is 39.8. The number of rotatable bonds is 2. The number of aryl methyl sites for hydroxylation is 1. The van der Waals surface area contributed by atoms with E-state index in [1.807, 2.05) is 11.8 Å². The number of fused-ring (bicyclic) bond motifs is 1. The van der Waals surface area contributed by atoms with E-state index < -0.39 is 12.0 Å². The van der Waals surface area contributed by atoms with Gasteiger partial charge in [-0.3, -0.25) is 0 Å². The Bertz CT molecular complexity index is 714. The molecular weight excluding hydrogens is 311 g/mol. The van der Waals surface area contributed by atoms with E-state index in [4.69, 9.17) is 0 Å². The van der Waals surface area contributed by atoms with Gasteiger partial charge in [0.15, 0.2) is 0 Å². The summed E-state index contributed by atoms with van der Waals surface area (Å²) in [6.07, 6.45) is -2.74. The van der Waals surface area contributed by atoms with Crippen LogP contribution in [0.25, 0.3) is 5.78 Å². The second-order valence-corrected chi connectivity index (χ2v) is 5.96. The predicted molar refractivity (Wildman–Crippen MR) is 77.1 cm³/mol. The number of hydrogen-bond donors (Lipinski definition) is 1. The lowest BCUT2D eigenvalue weighted by Gasteiger charge is -2.40. The minimum absolute atomic E-state index is 0.0646. The number of halogens is 3. The lowest BCUT2D eigenvalue weighted by atomic mass is 9.91. The SMILES string of the molecule is Cc1cc(N2CCC[C@H](C)[C@@H]2CO)n2nc(C(F)(F)F)nc2n1. The molecule has 1 aliphatic heterocycles. The van der Waals surface area contributed by atoms with Gasteiger partial charge in [-0.1, -0.05) is 6.92 Å². The lowest BCUT2D eigenvalue weighted by molar-refractivity contribution is -0.144. The van der Waals surface area contributed by atoms with Crippen molar-refractivity contribution in [2.75, 3.05) is 18.1 Å². The van der Waals surface area contributed by atoms with Gasteiger partial charge in [-0.2, -0.15) is 22.7 Å². The van der Waals surface area contributed by atoms with Crippen LogP contribution in [0.5, 0.6) is 0 Å². The fourth-order valence-corrected chi connectivity index (χ4v) is 3.10. The van der Waals surface area contributed by atoms with Gasteiger partial charge in [0.05, 0.1) is 12.6 Å². The molecule has 2 aromatic heterocycles. The highest BCUT2D eigenvalue weighted by Crippen LogP contribution is 2.31. The minimum Gasteiger partial charge on any atom is -0.394 e. The Hall–Kier alpha value is -1.90. The molecule has 1 fully saturated rings. The molecule has 126 valence electrons. The van der Waals surface area contributed by atoms with Crippen LogP contribution < -0.4 is 4.90 Å². The minimum atomic E-state index is -4.62. The molecule has 1 aliphatic rings. The largest absolute Gasteiger partial charge is 0.453 e. The summed E-state index contributed by atoms with van der Waals surface area (Å²) in [6.45, 7) is 4.31. The Labute approximate surface area is 131 Å². The van der Waals surface area contributed by atoms with E-state index in [2.05, 4.69) is 15.1 Å². The van der Waals surface area contributed by atoms with Gasteiger partial charge in [0.25, 0.3) is 11.6 Å². The maximum atomic E-state index is 12.9. The third-order valence-corrected chi connectivity index (χ3v) is 4.27. The Morgan fingerprint density at radius 2 is 2.09 bits per heavy atom. The van der Waals surface area contributed by atoms with Crippen molar-refractivity contribution in [1.82, 2.24) is 19.6 Å². The van der Waals surface area contributed by atoms with Crippen molar-refractivity contribution in [2.24, 2.45) is 5.92 Å². The van der Waals surface area contributed by atoms with Gasteiger partial charge in [-0.15, -0.1) is 5.10 Å². The van der Waals surface area contributed by atoms with Gasteiger partial charge in [-0.25, -0.2) is 4.98 Å². The maximum Gasteiger partial charge on any atom is 0.453 e. The molecule has 0 amide bonds. The highest BCUT2D eigenvalue weighted by Gasteiger charge is 2.37. The van der Waals surface area contributed by atoms with E-state index in [0.717, 1.165) is 17.4 Å². The molecule has 2 aromatic rings. The van der Waals surface area contributed by atoms with Crippen molar-refractivity contribution >= 4 is 11.6 Å². The Morgan fingerprint density at radius 1 is 1.35 bits per heavy atom. The van der Waals surface area contributed by atoms with E-state index in [9.17, 15) is 18.3 Å². The van der Waals surface area contributed by atoms with Crippen molar-refractivity contribution in [1.29, 1.82) is 0 Å². The second kappa shape index (κ2) is 5.63. The molecule has 3 heterocycles. The smallest absolute Gasteiger partial charge is 0.394 e. The average molecular weight is 329 g/mol. The molecule has 0 unspecified atom stereocenters. The topological polar surface area (TPSA) is 66.5 Å². The van der Waals surface area contributed by atoms with E-state index in [1.165, 1.54) is 0 Å². The van der Waals surface area contributed by atoms with Gasteiger partial charge >= 0.3 is 6.18 Å². The molecule has 1 N–H and O–H groups in total. The zero-order chi connectivity index (χ0) is 16.8. The third kappa shape index (κ3) is 2.85. The van der Waals surface area contributed by atoms with Crippen molar-refractivity contribution in [3.05, 3.63) is 17.6 Å². The predicted octanol–water partition coefficient (Wildman–Crippen LogP) is 2.05. The van der Waals surface area contributed by atoms with Gasteiger partial charge in [-0.05, 0) is 25.7 Å². The number of nitrogens with zero attached hydrogens (tertiary/aromatic N) is 5. The molecule has 0 spiro atoms. The average Bonchev–Trinajstić information content (AvgIpc) is 2.90. The van der Waals surface area contributed by atoms with Crippen LogP contribution in [0, 0.1) is 12.8 Å². The zero-order valence-corrected chi connectivity index (χ0v) is 12.9. The van der Waals surface area contributed by atoms with Crippen LogP contribution in [0.4, 0.5) is 19.0 Å². The molecule has 0 bridgehead atoms. The third-order valence-electron chi connectivity index (χ3n) is 4.27. The highest BCUT2D eigenvalue weighted by molar-refractivity contribution is 5.49. The Balaban J connectivity index is 2.14. The summed E-state index contributed by atoms with van der Waals surface area (Å²) in [5.74, 6) is -0.561. The van der Waals surface area contributed by atoms with Crippen molar-refractivity contribution in [2.45, 2.75) is 38.9 Å². The number of aromatic nitrogens is 4. The number of piperidine rings is 1. The molecule has 6 nitrogen and oxygen atoms in total. The first-order valence-corrected chi connectivity index (χ1v) is 7.50. The van der Waals surface area contributed by atoms with Gasteiger partial charge in [0.1, 0.15) is 5.82 Å². The standard InChI is InChI=1S/C14H18F3N5O/c1-8-4-3-5-21(10(8)7-23)11-6-9(2)18-13-19-12(14(15,16)17)20-22(11)13/h6,8,10,23H,3-5,7H2,1-2H3/t8-,10-/m0/s1. The van der Waals surface area contributed by atoms with Crippen LogP contribution in [-0.4, -0.2) is 43.9 Å². The van der Waals surface area contributed by atoms with Crippen molar-refractivity contribution in [3.8, 4) is 0 Å². The fraction of sp³-hybridized carbons (Fsp3) is 0.643. The normalized spacial score (nSPS) is 22.8. The lowest BCUT2D eigenvalue weighted by Crippen LogP contribution is -2.47. The second-order valence-electron chi connectivity index (χ2n) is 5.96. The number of aliphatic hydroxyl groups is 1. The van der Waals surface area contributed by atoms with Gasteiger partial charge in [0, 0.05) is 18.3 Å². The van der Waals surface area contributed by atoms with Gasteiger partial charge < -0.3 is 10.0 Å². The maximum absolute atomic E-state index is 12.9. The van der Waals surface area contributed by atoms with Gasteiger partial charge in [0.2, 0.25) is 0 Å². The number of aliphatic hydroxyl groups excluding tert-OH is 1. The highest BCUT2D eigenvalue weighted by atomic mass is 19.4. The summed E-state index contributed by atoms with van der Waals surface area (Å²) >= 11 is 0. The van der Waals surface area contributed by atoms with E-state index in [0.29, 0.717) is 18.1 Å². The van der Waals surface area contributed by atoms with Crippen LogP contribution in [0.1, 0.15) is 31.3 Å². The van der Waals surface area contributed by atoms with E-state index in [1.54, 1.807) is 13.0 Å². The fourth-order valence-electron chi connectivity index (χ4n) is 3.10. The molecule has 0 aliphatic carbocycles. The van der Waals surface area contributed by atoms with E-state index in [-0.39, 0.29) is 24.3 Å².